The molecule has 13 heteroatoms. The Hall–Kier alpha value is -1.43. The summed E-state index contributed by atoms with van der Waals surface area (Å²) in [7, 11) is 1.23. The van der Waals surface area contributed by atoms with Gasteiger partial charge in [-0.05, 0) is 6.07 Å². The number of fused-ring (bicyclic) bond motifs is 1. The normalized spacial score (nSPS) is 12.4. The molecule has 116 valence electrons. The molecule has 3 heterocycles. The molecule has 0 amide bonds. The number of hydrogen-bond donors (Lipinski definition) is 0. The van der Waals surface area contributed by atoms with Gasteiger partial charge in [-0.25, -0.2) is 17.2 Å². The molecule has 22 heavy (non-hydrogen) atoms. The predicted molar refractivity (Wildman–Crippen MR) is 74.9 cm³/mol. The molecule has 0 radical (unpaired) electrons. The van der Waals surface area contributed by atoms with E-state index in [1.54, 1.807) is 0 Å². The SMILES string of the molecule is O=S(=O)(Cl)c1cc(Cl)c2nnc(-c3nnc(C(F)F)s3)n2c1. The fourth-order valence-corrected chi connectivity index (χ4v) is 3.36. The van der Waals surface area contributed by atoms with Crippen LogP contribution in [0.25, 0.3) is 16.5 Å². The van der Waals surface area contributed by atoms with Crippen molar-refractivity contribution in [3.8, 4) is 10.8 Å². The van der Waals surface area contributed by atoms with Gasteiger partial charge in [-0.2, -0.15) is 0 Å². The van der Waals surface area contributed by atoms with Gasteiger partial charge in [0.25, 0.3) is 15.5 Å². The minimum Gasteiger partial charge on any atom is -0.278 e. The molecule has 0 N–H and O–H groups in total. The van der Waals surface area contributed by atoms with E-state index in [9.17, 15) is 17.2 Å². The van der Waals surface area contributed by atoms with E-state index in [1.807, 2.05) is 0 Å². The molecule has 0 atom stereocenters. The van der Waals surface area contributed by atoms with Crippen LogP contribution < -0.4 is 0 Å². The zero-order valence-corrected chi connectivity index (χ0v) is 13.3. The van der Waals surface area contributed by atoms with Crippen molar-refractivity contribution in [2.24, 2.45) is 0 Å². The van der Waals surface area contributed by atoms with Crippen molar-refractivity contribution >= 4 is 48.3 Å². The fourth-order valence-electron chi connectivity index (χ4n) is 1.62. The minimum absolute atomic E-state index is 0.0147. The van der Waals surface area contributed by atoms with E-state index < -0.39 is 20.5 Å². The Morgan fingerprint density at radius 1 is 1.23 bits per heavy atom. The van der Waals surface area contributed by atoms with Crippen LogP contribution in [0.3, 0.4) is 0 Å². The molecule has 3 rings (SSSR count). The van der Waals surface area contributed by atoms with Crippen molar-refractivity contribution in [2.75, 3.05) is 0 Å². The van der Waals surface area contributed by atoms with Crippen LogP contribution in [0.4, 0.5) is 8.78 Å². The number of aromatic nitrogens is 5. The molecule has 0 spiro atoms. The van der Waals surface area contributed by atoms with Gasteiger partial charge in [0, 0.05) is 16.9 Å². The summed E-state index contributed by atoms with van der Waals surface area (Å²) in [5.74, 6) is 0.0310. The van der Waals surface area contributed by atoms with Gasteiger partial charge in [-0.1, -0.05) is 22.9 Å². The Kier molecular flexibility index (Phi) is 3.75. The summed E-state index contributed by atoms with van der Waals surface area (Å²) in [5.41, 5.74) is 0.134. The van der Waals surface area contributed by atoms with E-state index in [2.05, 4.69) is 20.4 Å². The summed E-state index contributed by atoms with van der Waals surface area (Å²) in [5, 5.41) is 14.0. The van der Waals surface area contributed by atoms with Crippen molar-refractivity contribution < 1.29 is 17.2 Å². The number of alkyl halides is 2. The summed E-state index contributed by atoms with van der Waals surface area (Å²) < 4.78 is 49.2. The molecule has 7 nitrogen and oxygen atoms in total. The first-order valence-electron chi connectivity index (χ1n) is 5.38. The van der Waals surface area contributed by atoms with E-state index in [0.717, 1.165) is 12.3 Å². The molecule has 3 aromatic heterocycles. The van der Waals surface area contributed by atoms with Crippen LogP contribution in [0, 0.1) is 0 Å². The smallest absolute Gasteiger partial charge is 0.278 e. The molecular formula is C9H3Cl2F2N5O2S2. The Balaban J connectivity index is 2.24. The van der Waals surface area contributed by atoms with Gasteiger partial charge in [0.05, 0.1) is 5.02 Å². The second-order valence-corrected chi connectivity index (χ2v) is 7.91. The average Bonchev–Trinajstić information content (AvgIpc) is 3.03. The van der Waals surface area contributed by atoms with Crippen LogP contribution in [0.15, 0.2) is 17.2 Å². The second-order valence-electron chi connectivity index (χ2n) is 3.92. The Morgan fingerprint density at radius 3 is 2.55 bits per heavy atom. The van der Waals surface area contributed by atoms with Crippen LogP contribution >= 0.6 is 33.6 Å². The average molecular weight is 386 g/mol. The molecule has 0 saturated heterocycles. The summed E-state index contributed by atoms with van der Waals surface area (Å²) in [6.45, 7) is 0. The van der Waals surface area contributed by atoms with Crippen LogP contribution in [0.5, 0.6) is 0 Å². The highest BCUT2D eigenvalue weighted by atomic mass is 35.7. The van der Waals surface area contributed by atoms with Crippen LogP contribution in [0.1, 0.15) is 11.4 Å². The third kappa shape index (κ3) is 2.64. The highest BCUT2D eigenvalue weighted by Crippen LogP contribution is 2.30. The lowest BCUT2D eigenvalue weighted by molar-refractivity contribution is 0.150. The molecule has 0 aliphatic rings. The first-order valence-corrected chi connectivity index (χ1v) is 8.88. The molecule has 0 aromatic carbocycles. The predicted octanol–water partition coefficient (Wildman–Crippen LogP) is 2.77. The van der Waals surface area contributed by atoms with Gasteiger partial charge in [-0.3, -0.25) is 4.40 Å². The van der Waals surface area contributed by atoms with E-state index in [0.29, 0.717) is 11.3 Å². The fraction of sp³-hybridized carbons (Fsp3) is 0.111. The molecule has 0 saturated carbocycles. The maximum Gasteiger partial charge on any atom is 0.291 e. The molecule has 0 aliphatic heterocycles. The third-order valence-corrected chi connectivity index (χ3v) is 5.06. The summed E-state index contributed by atoms with van der Waals surface area (Å²) >= 11 is 6.54. The molecule has 3 aromatic rings. The Labute approximate surface area is 134 Å². The van der Waals surface area contributed by atoms with Gasteiger partial charge in [-0.15, -0.1) is 20.4 Å². The number of halogens is 4. The maximum atomic E-state index is 12.6. The van der Waals surface area contributed by atoms with Crippen LogP contribution in [-0.4, -0.2) is 33.2 Å². The van der Waals surface area contributed by atoms with Crippen molar-refractivity contribution in [3.63, 3.8) is 0 Å². The molecule has 0 aliphatic carbocycles. The van der Waals surface area contributed by atoms with Gasteiger partial charge >= 0.3 is 0 Å². The summed E-state index contributed by atoms with van der Waals surface area (Å²) in [4.78, 5) is -0.286. The number of nitrogens with zero attached hydrogens (tertiary/aromatic N) is 5. The second kappa shape index (κ2) is 5.33. The zero-order chi connectivity index (χ0) is 16.1. The lowest BCUT2D eigenvalue weighted by Crippen LogP contribution is -1.97. The van der Waals surface area contributed by atoms with E-state index in [4.69, 9.17) is 22.3 Å². The largest absolute Gasteiger partial charge is 0.291 e. The molecule has 0 unspecified atom stereocenters. The zero-order valence-electron chi connectivity index (χ0n) is 10.1. The third-order valence-electron chi connectivity index (χ3n) is 2.53. The van der Waals surface area contributed by atoms with Crippen molar-refractivity contribution in [3.05, 3.63) is 22.3 Å². The van der Waals surface area contributed by atoms with Crippen molar-refractivity contribution in [2.45, 2.75) is 11.3 Å². The quantitative estimate of drug-likeness (QED) is 0.643. The van der Waals surface area contributed by atoms with Crippen molar-refractivity contribution in [1.82, 2.24) is 24.8 Å². The highest BCUT2D eigenvalue weighted by Gasteiger charge is 2.21. The topological polar surface area (TPSA) is 90.1 Å². The van der Waals surface area contributed by atoms with E-state index in [1.165, 1.54) is 4.40 Å². The van der Waals surface area contributed by atoms with Gasteiger partial charge in [0.2, 0.25) is 0 Å². The van der Waals surface area contributed by atoms with Gasteiger partial charge < -0.3 is 0 Å². The van der Waals surface area contributed by atoms with Gasteiger partial charge in [0.15, 0.2) is 21.5 Å². The number of hydrogen-bond acceptors (Lipinski definition) is 7. The standard InChI is InChI=1S/C9H3Cl2F2N5O2S2/c10-4-1-3(22(11,19)20)2-18-6(4)14-15-7(18)9-17-16-8(21-9)5(12)13/h1-2,5H. The van der Waals surface area contributed by atoms with E-state index in [-0.39, 0.29) is 26.4 Å². The van der Waals surface area contributed by atoms with Crippen LogP contribution in [-0.2, 0) is 9.05 Å². The van der Waals surface area contributed by atoms with Crippen LogP contribution in [0.2, 0.25) is 5.02 Å². The highest BCUT2D eigenvalue weighted by molar-refractivity contribution is 8.13. The number of rotatable bonds is 3. The first kappa shape index (κ1) is 15.5. The maximum absolute atomic E-state index is 12.6. The molecular weight excluding hydrogens is 383 g/mol. The Bertz CT molecular complexity index is 972. The number of pyridine rings is 1. The molecule has 0 bridgehead atoms. The van der Waals surface area contributed by atoms with Gasteiger partial charge in [0.1, 0.15) is 4.90 Å². The molecule has 0 fully saturated rings. The lowest BCUT2D eigenvalue weighted by Gasteiger charge is -2.01. The lowest BCUT2D eigenvalue weighted by atomic mass is 10.4. The first-order chi connectivity index (χ1) is 10.3. The summed E-state index contributed by atoms with van der Waals surface area (Å²) in [6, 6.07) is 1.11. The monoisotopic (exact) mass is 385 g/mol. The Morgan fingerprint density at radius 2 is 1.95 bits per heavy atom. The van der Waals surface area contributed by atoms with E-state index >= 15 is 0 Å². The van der Waals surface area contributed by atoms with Crippen molar-refractivity contribution in [1.29, 1.82) is 0 Å². The minimum atomic E-state index is -4.04. The summed E-state index contributed by atoms with van der Waals surface area (Å²) in [6.07, 6.45) is -1.64.